The van der Waals surface area contributed by atoms with Crippen molar-refractivity contribution in [1.82, 2.24) is 19.7 Å². The van der Waals surface area contributed by atoms with Crippen LogP contribution in [0.3, 0.4) is 0 Å². The molecule has 0 saturated carbocycles. The van der Waals surface area contributed by atoms with Crippen LogP contribution in [-0.4, -0.2) is 33.9 Å². The zero-order valence-electron chi connectivity index (χ0n) is 14.7. The first-order chi connectivity index (χ1) is 12.1. The van der Waals surface area contributed by atoms with E-state index in [4.69, 9.17) is 4.74 Å². The number of nitrogens with one attached hydrogen (secondary N) is 1. The summed E-state index contributed by atoms with van der Waals surface area (Å²) in [5.74, 6) is 0.626. The van der Waals surface area contributed by atoms with Crippen LogP contribution in [0, 0.1) is 0 Å². The van der Waals surface area contributed by atoms with Crippen LogP contribution < -0.4 is 10.1 Å². The van der Waals surface area contributed by atoms with Crippen molar-refractivity contribution in [1.29, 1.82) is 0 Å². The smallest absolute Gasteiger partial charge is 0.270 e. The molecule has 25 heavy (non-hydrogen) atoms. The van der Waals surface area contributed by atoms with Crippen molar-refractivity contribution in [3.05, 3.63) is 54.4 Å². The minimum Gasteiger partial charge on any atom is -0.497 e. The largest absolute Gasteiger partial charge is 0.497 e. The molecule has 130 valence electrons. The van der Waals surface area contributed by atoms with Crippen LogP contribution in [0.15, 0.2) is 48.7 Å². The second kappa shape index (κ2) is 7.25. The lowest BCUT2D eigenvalue weighted by molar-refractivity contribution is 0.0946. The van der Waals surface area contributed by atoms with E-state index in [2.05, 4.69) is 10.4 Å². The zero-order chi connectivity index (χ0) is 17.8. The molecular formula is C19H22N4O2. The Hall–Kier alpha value is -3.02. The molecule has 3 aromatic rings. The number of aromatic nitrogens is 3. The topological polar surface area (TPSA) is 61.1 Å². The van der Waals surface area contributed by atoms with Crippen LogP contribution in [-0.2, 0) is 7.05 Å². The standard InChI is InChI=1S/C19H22N4O2/c1-4-11-20-19(24)18-13-16(17-6-5-12-22(17)2)21-23(18)14-7-9-15(25-3)10-8-14/h5-10,12-13H,4,11H2,1-3H3,(H,20,24). The summed E-state index contributed by atoms with van der Waals surface area (Å²) in [6.45, 7) is 2.66. The number of hydrogen-bond donors (Lipinski definition) is 1. The Morgan fingerprint density at radius 1 is 1.24 bits per heavy atom. The van der Waals surface area contributed by atoms with Gasteiger partial charge in [-0.2, -0.15) is 5.10 Å². The van der Waals surface area contributed by atoms with Gasteiger partial charge in [0.1, 0.15) is 17.1 Å². The van der Waals surface area contributed by atoms with Crippen molar-refractivity contribution >= 4 is 5.91 Å². The predicted molar refractivity (Wildman–Crippen MR) is 97.1 cm³/mol. The van der Waals surface area contributed by atoms with Gasteiger partial charge >= 0.3 is 0 Å². The predicted octanol–water partition coefficient (Wildman–Crippen LogP) is 3.03. The average Bonchev–Trinajstić information content (AvgIpc) is 3.26. The van der Waals surface area contributed by atoms with Crippen LogP contribution in [0.4, 0.5) is 0 Å². The van der Waals surface area contributed by atoms with Gasteiger partial charge in [-0.05, 0) is 48.9 Å². The highest BCUT2D eigenvalue weighted by Gasteiger charge is 2.18. The van der Waals surface area contributed by atoms with Gasteiger partial charge in [-0.1, -0.05) is 6.92 Å². The van der Waals surface area contributed by atoms with E-state index in [1.165, 1.54) is 0 Å². The summed E-state index contributed by atoms with van der Waals surface area (Å²) in [6.07, 6.45) is 2.84. The van der Waals surface area contributed by atoms with Crippen molar-refractivity contribution in [2.45, 2.75) is 13.3 Å². The third-order valence-corrected chi connectivity index (χ3v) is 4.00. The Balaban J connectivity index is 2.05. The minimum absolute atomic E-state index is 0.134. The lowest BCUT2D eigenvalue weighted by atomic mass is 10.2. The van der Waals surface area contributed by atoms with Gasteiger partial charge in [0, 0.05) is 19.8 Å². The quantitative estimate of drug-likeness (QED) is 0.751. The van der Waals surface area contributed by atoms with E-state index in [-0.39, 0.29) is 5.91 Å². The SMILES string of the molecule is CCCNC(=O)c1cc(-c2cccn2C)nn1-c1ccc(OC)cc1. The molecule has 1 aromatic carbocycles. The highest BCUT2D eigenvalue weighted by Crippen LogP contribution is 2.23. The molecule has 0 fully saturated rings. The van der Waals surface area contributed by atoms with E-state index >= 15 is 0 Å². The van der Waals surface area contributed by atoms with Crippen LogP contribution in [0.1, 0.15) is 23.8 Å². The Bertz CT molecular complexity index is 862. The average molecular weight is 338 g/mol. The molecule has 1 N–H and O–H groups in total. The Morgan fingerprint density at radius 3 is 2.60 bits per heavy atom. The van der Waals surface area contributed by atoms with Gasteiger partial charge in [0.2, 0.25) is 0 Å². The molecule has 0 bridgehead atoms. The van der Waals surface area contributed by atoms with E-state index in [0.717, 1.165) is 29.2 Å². The lowest BCUT2D eigenvalue weighted by Gasteiger charge is -2.08. The third kappa shape index (κ3) is 3.42. The lowest BCUT2D eigenvalue weighted by Crippen LogP contribution is -2.26. The summed E-state index contributed by atoms with van der Waals surface area (Å²) < 4.78 is 8.86. The maximum atomic E-state index is 12.6. The van der Waals surface area contributed by atoms with Crippen molar-refractivity contribution in [3.63, 3.8) is 0 Å². The van der Waals surface area contributed by atoms with Gasteiger partial charge in [0.25, 0.3) is 5.91 Å². The van der Waals surface area contributed by atoms with Crippen LogP contribution in [0.5, 0.6) is 5.75 Å². The zero-order valence-corrected chi connectivity index (χ0v) is 14.7. The van der Waals surface area contributed by atoms with Crippen molar-refractivity contribution < 1.29 is 9.53 Å². The Labute approximate surface area is 147 Å². The molecule has 0 aliphatic rings. The number of aryl methyl sites for hydroxylation is 1. The molecular weight excluding hydrogens is 316 g/mol. The Morgan fingerprint density at radius 2 is 2.00 bits per heavy atom. The first-order valence-corrected chi connectivity index (χ1v) is 8.28. The number of methoxy groups -OCH3 is 1. The van der Waals surface area contributed by atoms with E-state index in [0.29, 0.717) is 12.2 Å². The summed E-state index contributed by atoms with van der Waals surface area (Å²) in [6, 6.07) is 13.2. The van der Waals surface area contributed by atoms with Gasteiger partial charge in [-0.15, -0.1) is 0 Å². The molecule has 0 aliphatic heterocycles. The number of carbonyl (C=O) groups is 1. The summed E-state index contributed by atoms with van der Waals surface area (Å²) in [7, 11) is 3.58. The summed E-state index contributed by atoms with van der Waals surface area (Å²) >= 11 is 0. The normalized spacial score (nSPS) is 10.7. The van der Waals surface area contributed by atoms with Crippen molar-refractivity contribution in [3.8, 4) is 22.8 Å². The van der Waals surface area contributed by atoms with Crippen LogP contribution in [0.2, 0.25) is 0 Å². The van der Waals surface area contributed by atoms with Gasteiger partial charge in [0.05, 0.1) is 18.5 Å². The summed E-state index contributed by atoms with van der Waals surface area (Å²) in [4.78, 5) is 12.6. The molecule has 0 spiro atoms. The summed E-state index contributed by atoms with van der Waals surface area (Å²) in [5.41, 5.74) is 3.03. The fourth-order valence-electron chi connectivity index (χ4n) is 2.64. The molecule has 0 saturated heterocycles. The van der Waals surface area contributed by atoms with E-state index in [1.807, 2.05) is 67.2 Å². The molecule has 0 unspecified atom stereocenters. The molecule has 0 atom stereocenters. The van der Waals surface area contributed by atoms with Gasteiger partial charge in [-0.25, -0.2) is 4.68 Å². The number of carbonyl (C=O) groups excluding carboxylic acids is 1. The second-order valence-electron chi connectivity index (χ2n) is 5.78. The number of nitrogens with zero attached hydrogens (tertiary/aromatic N) is 3. The van der Waals surface area contributed by atoms with E-state index in [9.17, 15) is 4.79 Å². The molecule has 0 aliphatic carbocycles. The molecule has 2 aromatic heterocycles. The third-order valence-electron chi connectivity index (χ3n) is 4.00. The molecule has 0 radical (unpaired) electrons. The monoisotopic (exact) mass is 338 g/mol. The molecule has 6 heteroatoms. The Kier molecular flexibility index (Phi) is 4.88. The number of hydrogen-bond acceptors (Lipinski definition) is 3. The highest BCUT2D eigenvalue weighted by molar-refractivity contribution is 5.94. The van der Waals surface area contributed by atoms with Gasteiger partial charge in [-0.3, -0.25) is 4.79 Å². The number of rotatable bonds is 6. The minimum atomic E-state index is -0.134. The van der Waals surface area contributed by atoms with Gasteiger partial charge < -0.3 is 14.6 Å². The number of benzene rings is 1. The maximum absolute atomic E-state index is 12.6. The number of amides is 1. The molecule has 3 rings (SSSR count). The fourth-order valence-corrected chi connectivity index (χ4v) is 2.64. The van der Waals surface area contributed by atoms with Crippen LogP contribution in [0.25, 0.3) is 17.1 Å². The molecule has 6 nitrogen and oxygen atoms in total. The first kappa shape index (κ1) is 16.8. The van der Waals surface area contributed by atoms with E-state index in [1.54, 1.807) is 11.8 Å². The van der Waals surface area contributed by atoms with Crippen molar-refractivity contribution in [2.24, 2.45) is 7.05 Å². The first-order valence-electron chi connectivity index (χ1n) is 8.28. The number of ether oxygens (including phenoxy) is 1. The van der Waals surface area contributed by atoms with Gasteiger partial charge in [0.15, 0.2) is 0 Å². The van der Waals surface area contributed by atoms with Crippen LogP contribution >= 0.6 is 0 Å². The van der Waals surface area contributed by atoms with E-state index < -0.39 is 0 Å². The maximum Gasteiger partial charge on any atom is 0.270 e. The highest BCUT2D eigenvalue weighted by atomic mass is 16.5. The summed E-state index contributed by atoms with van der Waals surface area (Å²) in [5, 5.41) is 7.59. The molecule has 2 heterocycles. The fraction of sp³-hybridized carbons (Fsp3) is 0.263. The molecule has 1 amide bonds. The second-order valence-corrected chi connectivity index (χ2v) is 5.78. The van der Waals surface area contributed by atoms with Crippen molar-refractivity contribution in [2.75, 3.05) is 13.7 Å².